The molecule has 1 saturated heterocycles. The van der Waals surface area contributed by atoms with Crippen molar-refractivity contribution in [3.05, 3.63) is 29.8 Å². The van der Waals surface area contributed by atoms with Crippen LogP contribution in [0.4, 0.5) is 14.5 Å². The molecule has 1 heterocycles. The van der Waals surface area contributed by atoms with Gasteiger partial charge in [-0.2, -0.15) is 0 Å². The first kappa shape index (κ1) is 13.9. The average molecular weight is 268 g/mol. The van der Waals surface area contributed by atoms with Crippen molar-refractivity contribution in [3.63, 3.8) is 0 Å². The van der Waals surface area contributed by atoms with Gasteiger partial charge in [-0.3, -0.25) is 4.79 Å². The van der Waals surface area contributed by atoms with E-state index in [1.165, 1.54) is 4.90 Å². The number of halogens is 2. The minimum atomic E-state index is -0.569. The Morgan fingerprint density at radius 1 is 1.37 bits per heavy atom. The molecule has 0 radical (unpaired) electrons. The molecule has 5 heteroatoms. The van der Waals surface area contributed by atoms with E-state index in [1.54, 1.807) is 0 Å². The van der Waals surface area contributed by atoms with Crippen LogP contribution < -0.4 is 10.2 Å². The molecule has 0 spiro atoms. The van der Waals surface area contributed by atoms with Crippen LogP contribution >= 0.6 is 0 Å². The number of hydrogen-bond acceptors (Lipinski definition) is 2. The predicted molar refractivity (Wildman–Crippen MR) is 70.0 cm³/mol. The molecule has 1 unspecified atom stereocenters. The summed E-state index contributed by atoms with van der Waals surface area (Å²) in [5, 5.41) is 3.16. The number of anilines is 1. The van der Waals surface area contributed by atoms with Gasteiger partial charge in [0, 0.05) is 18.7 Å². The first-order valence-corrected chi connectivity index (χ1v) is 6.51. The van der Waals surface area contributed by atoms with Gasteiger partial charge < -0.3 is 10.2 Å². The fourth-order valence-electron chi connectivity index (χ4n) is 2.36. The normalized spacial score (nSPS) is 20.2. The van der Waals surface area contributed by atoms with Crippen molar-refractivity contribution < 1.29 is 13.6 Å². The zero-order chi connectivity index (χ0) is 14.0. The summed E-state index contributed by atoms with van der Waals surface area (Å²) in [6, 6.07) is 3.03. The molecule has 0 aromatic heterocycles. The third-order valence-corrected chi connectivity index (χ3v) is 3.17. The molecule has 1 aliphatic rings. The van der Waals surface area contributed by atoms with E-state index in [2.05, 4.69) is 5.32 Å². The van der Waals surface area contributed by atoms with Gasteiger partial charge in [-0.25, -0.2) is 8.78 Å². The first-order chi connectivity index (χ1) is 8.99. The number of nitrogens with one attached hydrogen (secondary N) is 1. The van der Waals surface area contributed by atoms with E-state index in [4.69, 9.17) is 0 Å². The van der Waals surface area contributed by atoms with E-state index < -0.39 is 11.6 Å². The highest BCUT2D eigenvalue weighted by Crippen LogP contribution is 2.25. The fraction of sp³-hybridized carbons (Fsp3) is 0.500. The van der Waals surface area contributed by atoms with Crippen LogP contribution in [0.25, 0.3) is 0 Å². The highest BCUT2D eigenvalue weighted by atomic mass is 19.1. The van der Waals surface area contributed by atoms with Gasteiger partial charge in [0.2, 0.25) is 5.91 Å². The van der Waals surface area contributed by atoms with E-state index in [9.17, 15) is 13.6 Å². The summed E-state index contributed by atoms with van der Waals surface area (Å²) in [7, 11) is 0. The second-order valence-corrected chi connectivity index (χ2v) is 5.10. The minimum Gasteiger partial charge on any atom is -0.308 e. The molecule has 0 bridgehead atoms. The Kier molecular flexibility index (Phi) is 4.14. The van der Waals surface area contributed by atoms with Crippen molar-refractivity contribution in [2.75, 3.05) is 11.4 Å². The van der Waals surface area contributed by atoms with Crippen LogP contribution in [-0.2, 0) is 4.79 Å². The Labute approximate surface area is 111 Å². The van der Waals surface area contributed by atoms with Gasteiger partial charge in [0.25, 0.3) is 0 Å². The van der Waals surface area contributed by atoms with Crippen molar-refractivity contribution in [2.45, 2.75) is 38.8 Å². The molecule has 1 fully saturated rings. The number of piperidine rings is 1. The molecular weight excluding hydrogens is 250 g/mol. The molecule has 104 valence electrons. The topological polar surface area (TPSA) is 32.3 Å². The Balaban J connectivity index is 2.24. The smallest absolute Gasteiger partial charge is 0.244 e. The molecule has 0 saturated carbocycles. The van der Waals surface area contributed by atoms with Crippen LogP contribution in [0, 0.1) is 11.6 Å². The Morgan fingerprint density at radius 2 is 2.11 bits per heavy atom. The zero-order valence-corrected chi connectivity index (χ0v) is 11.1. The maximum absolute atomic E-state index is 13.7. The maximum atomic E-state index is 13.7. The predicted octanol–water partition coefficient (Wildman–Crippen LogP) is 2.46. The van der Waals surface area contributed by atoms with Crippen molar-refractivity contribution >= 4 is 11.6 Å². The second kappa shape index (κ2) is 5.65. The third kappa shape index (κ3) is 3.10. The van der Waals surface area contributed by atoms with E-state index in [-0.39, 0.29) is 23.7 Å². The van der Waals surface area contributed by atoms with Gasteiger partial charge >= 0.3 is 0 Å². The van der Waals surface area contributed by atoms with E-state index >= 15 is 0 Å². The quantitative estimate of drug-likeness (QED) is 0.913. The molecule has 1 aromatic carbocycles. The van der Waals surface area contributed by atoms with Crippen LogP contribution in [0.1, 0.15) is 26.7 Å². The molecule has 1 amide bonds. The lowest BCUT2D eigenvalue weighted by molar-refractivity contribution is -0.122. The Morgan fingerprint density at radius 3 is 2.79 bits per heavy atom. The van der Waals surface area contributed by atoms with Crippen LogP contribution in [0.15, 0.2) is 18.2 Å². The molecule has 1 aromatic rings. The van der Waals surface area contributed by atoms with Gasteiger partial charge in [-0.1, -0.05) is 13.8 Å². The lowest BCUT2D eigenvalue weighted by Gasteiger charge is -2.33. The summed E-state index contributed by atoms with van der Waals surface area (Å²) < 4.78 is 27.0. The average Bonchev–Trinajstić information content (AvgIpc) is 2.35. The van der Waals surface area contributed by atoms with Crippen molar-refractivity contribution in [3.8, 4) is 0 Å². The lowest BCUT2D eigenvalue weighted by Crippen LogP contribution is -2.52. The molecular formula is C14H18F2N2O. The van der Waals surface area contributed by atoms with Crippen LogP contribution in [-0.4, -0.2) is 24.5 Å². The minimum absolute atomic E-state index is 0.0280. The SMILES string of the molecule is CC(C)NC1CCCN(c2cc(F)ccc2F)C1=O. The van der Waals surface area contributed by atoms with Crippen LogP contribution in [0.5, 0.6) is 0 Å². The van der Waals surface area contributed by atoms with Crippen molar-refractivity contribution in [2.24, 2.45) is 0 Å². The number of carbonyl (C=O) groups is 1. The maximum Gasteiger partial charge on any atom is 0.244 e. The van der Waals surface area contributed by atoms with E-state index in [0.717, 1.165) is 31.0 Å². The van der Waals surface area contributed by atoms with Gasteiger partial charge in [0.05, 0.1) is 11.7 Å². The number of hydrogen-bond donors (Lipinski definition) is 1. The van der Waals surface area contributed by atoms with Gasteiger partial charge in [0.15, 0.2) is 0 Å². The Hall–Kier alpha value is -1.49. The number of carbonyl (C=O) groups excluding carboxylic acids is 1. The number of rotatable bonds is 3. The first-order valence-electron chi connectivity index (χ1n) is 6.51. The molecule has 1 N–H and O–H groups in total. The highest BCUT2D eigenvalue weighted by molar-refractivity contribution is 5.98. The summed E-state index contributed by atoms with van der Waals surface area (Å²) in [6.07, 6.45) is 1.50. The number of amides is 1. The van der Waals surface area contributed by atoms with Crippen molar-refractivity contribution in [1.82, 2.24) is 5.32 Å². The molecule has 3 nitrogen and oxygen atoms in total. The summed E-state index contributed by atoms with van der Waals surface area (Å²) >= 11 is 0. The highest BCUT2D eigenvalue weighted by Gasteiger charge is 2.31. The number of benzene rings is 1. The van der Waals surface area contributed by atoms with Crippen molar-refractivity contribution in [1.29, 1.82) is 0 Å². The third-order valence-electron chi connectivity index (χ3n) is 3.17. The van der Waals surface area contributed by atoms with Gasteiger partial charge in [0.1, 0.15) is 11.6 Å². The summed E-state index contributed by atoms with van der Waals surface area (Å²) in [5.74, 6) is -1.30. The van der Waals surface area contributed by atoms with E-state index in [1.807, 2.05) is 13.8 Å². The molecule has 19 heavy (non-hydrogen) atoms. The van der Waals surface area contributed by atoms with Gasteiger partial charge in [-0.05, 0) is 25.0 Å². The standard InChI is InChI=1S/C14H18F2N2O/c1-9(2)17-12-4-3-7-18(14(12)19)13-8-10(15)5-6-11(13)16/h5-6,8-9,12,17H,3-4,7H2,1-2H3. The second-order valence-electron chi connectivity index (χ2n) is 5.10. The van der Waals surface area contributed by atoms with Gasteiger partial charge in [-0.15, -0.1) is 0 Å². The largest absolute Gasteiger partial charge is 0.308 e. The fourth-order valence-corrected chi connectivity index (χ4v) is 2.36. The number of nitrogens with zero attached hydrogens (tertiary/aromatic N) is 1. The Bertz CT molecular complexity index is 477. The van der Waals surface area contributed by atoms with Crippen LogP contribution in [0.2, 0.25) is 0 Å². The molecule has 2 rings (SSSR count). The summed E-state index contributed by atoms with van der Waals surface area (Å²) in [6.45, 7) is 4.33. The zero-order valence-electron chi connectivity index (χ0n) is 11.1. The molecule has 1 aliphatic heterocycles. The molecule has 1 atom stereocenters. The van der Waals surface area contributed by atoms with E-state index in [0.29, 0.717) is 6.54 Å². The monoisotopic (exact) mass is 268 g/mol. The summed E-state index contributed by atoms with van der Waals surface area (Å²) in [4.78, 5) is 13.6. The summed E-state index contributed by atoms with van der Waals surface area (Å²) in [5.41, 5.74) is 0.0280. The lowest BCUT2D eigenvalue weighted by atomic mass is 10.0. The van der Waals surface area contributed by atoms with Crippen LogP contribution in [0.3, 0.4) is 0 Å². The molecule has 0 aliphatic carbocycles.